The lowest BCUT2D eigenvalue weighted by molar-refractivity contribution is 0.106. The zero-order valence-electron chi connectivity index (χ0n) is 15.0. The fourth-order valence-corrected chi connectivity index (χ4v) is 3.56. The fraction of sp³-hybridized carbons (Fsp3) is 0.526. The van der Waals surface area contributed by atoms with Crippen molar-refractivity contribution in [2.75, 3.05) is 46.9 Å². The highest BCUT2D eigenvalue weighted by molar-refractivity contribution is 5.80. The first-order valence-electron chi connectivity index (χ1n) is 8.84. The highest BCUT2D eigenvalue weighted by Crippen LogP contribution is 2.19. The Bertz CT molecular complexity index is 608. The van der Waals surface area contributed by atoms with Crippen LogP contribution in [0.4, 0.5) is 4.39 Å². The summed E-state index contributed by atoms with van der Waals surface area (Å²) in [6.07, 6.45) is 5.50. The smallest absolute Gasteiger partial charge is 0.193 e. The van der Waals surface area contributed by atoms with Gasteiger partial charge in [-0.25, -0.2) is 4.39 Å². The van der Waals surface area contributed by atoms with Gasteiger partial charge in [0, 0.05) is 52.9 Å². The second-order valence-electron chi connectivity index (χ2n) is 6.52. The summed E-state index contributed by atoms with van der Waals surface area (Å²) in [5, 5.41) is 3.41. The van der Waals surface area contributed by atoms with Crippen LogP contribution in [-0.2, 0) is 4.74 Å². The maximum Gasteiger partial charge on any atom is 0.193 e. The van der Waals surface area contributed by atoms with E-state index < -0.39 is 0 Å². The van der Waals surface area contributed by atoms with E-state index in [1.165, 1.54) is 12.1 Å². The van der Waals surface area contributed by atoms with Crippen LogP contribution in [0.5, 0.6) is 0 Å². The molecule has 2 aliphatic heterocycles. The van der Waals surface area contributed by atoms with Crippen LogP contribution in [0.25, 0.3) is 0 Å². The predicted octanol–water partition coefficient (Wildman–Crippen LogP) is 2.03. The molecule has 2 aliphatic rings. The summed E-state index contributed by atoms with van der Waals surface area (Å²) < 4.78 is 18.7. The van der Waals surface area contributed by atoms with E-state index in [0.717, 1.165) is 44.1 Å². The number of guanidine groups is 1. The van der Waals surface area contributed by atoms with E-state index in [-0.39, 0.29) is 11.9 Å². The molecule has 6 heteroatoms. The van der Waals surface area contributed by atoms with Crippen molar-refractivity contribution in [2.45, 2.75) is 18.6 Å². The third-order valence-electron chi connectivity index (χ3n) is 5.01. The second kappa shape index (κ2) is 8.45. The molecule has 2 atom stereocenters. The molecular formula is C19H27FN4O. The quantitative estimate of drug-likeness (QED) is 0.503. The lowest BCUT2D eigenvalue weighted by Crippen LogP contribution is -2.44. The molecule has 0 saturated carbocycles. The molecule has 1 aromatic rings. The topological polar surface area (TPSA) is 40.1 Å². The van der Waals surface area contributed by atoms with E-state index in [9.17, 15) is 4.39 Å². The minimum atomic E-state index is -0.234. The fourth-order valence-electron chi connectivity index (χ4n) is 3.56. The molecule has 0 aliphatic carbocycles. The summed E-state index contributed by atoms with van der Waals surface area (Å²) in [5.74, 6) is 0.667. The van der Waals surface area contributed by atoms with E-state index >= 15 is 0 Å². The van der Waals surface area contributed by atoms with E-state index in [0.29, 0.717) is 12.6 Å². The Morgan fingerprint density at radius 2 is 2.04 bits per heavy atom. The molecule has 0 bridgehead atoms. The van der Waals surface area contributed by atoms with Crippen LogP contribution >= 0.6 is 0 Å². The molecule has 0 amide bonds. The zero-order chi connectivity index (χ0) is 17.6. The van der Waals surface area contributed by atoms with Gasteiger partial charge in [0.15, 0.2) is 5.96 Å². The number of nitrogens with zero attached hydrogens (tertiary/aromatic N) is 3. The third-order valence-corrected chi connectivity index (χ3v) is 5.01. The molecule has 1 N–H and O–H groups in total. The predicted molar refractivity (Wildman–Crippen MR) is 98.2 cm³/mol. The van der Waals surface area contributed by atoms with Gasteiger partial charge in [0.05, 0.1) is 6.10 Å². The minimum absolute atomic E-state index is 0.140. The maximum atomic E-state index is 13.1. The van der Waals surface area contributed by atoms with E-state index in [2.05, 4.69) is 32.3 Å². The van der Waals surface area contributed by atoms with Gasteiger partial charge in [-0.2, -0.15) is 0 Å². The lowest BCUT2D eigenvalue weighted by atomic mass is 10.1. The molecule has 2 heterocycles. The summed E-state index contributed by atoms with van der Waals surface area (Å²) >= 11 is 0. The van der Waals surface area contributed by atoms with Crippen LogP contribution in [0.1, 0.15) is 18.1 Å². The number of rotatable bonds is 5. The Labute approximate surface area is 149 Å². The molecule has 0 aromatic heterocycles. The third kappa shape index (κ3) is 4.38. The number of halogens is 1. The SMILES string of the molecule is CN=C(NCC(OC)c1ccc(F)cc1)N1CCC(N2CC=CC2)C1. The first kappa shape index (κ1) is 17.9. The van der Waals surface area contributed by atoms with Crippen molar-refractivity contribution in [1.82, 2.24) is 15.1 Å². The highest BCUT2D eigenvalue weighted by atomic mass is 19.1. The number of hydrogen-bond acceptors (Lipinski definition) is 3. The number of nitrogens with one attached hydrogen (secondary N) is 1. The molecule has 1 saturated heterocycles. The number of methoxy groups -OCH3 is 1. The van der Waals surface area contributed by atoms with Gasteiger partial charge in [0.25, 0.3) is 0 Å². The molecule has 1 aromatic carbocycles. The summed E-state index contributed by atoms with van der Waals surface area (Å²) in [5.41, 5.74) is 0.953. The average molecular weight is 346 g/mol. The van der Waals surface area contributed by atoms with Crippen LogP contribution in [0.15, 0.2) is 41.4 Å². The molecule has 1 fully saturated rings. The molecule has 2 unspecified atom stereocenters. The van der Waals surface area contributed by atoms with E-state index in [1.807, 2.05) is 7.05 Å². The van der Waals surface area contributed by atoms with Crippen LogP contribution in [0.3, 0.4) is 0 Å². The van der Waals surface area contributed by atoms with Crippen molar-refractivity contribution in [3.05, 3.63) is 47.8 Å². The molecule has 0 radical (unpaired) electrons. The van der Waals surface area contributed by atoms with Crippen molar-refractivity contribution in [1.29, 1.82) is 0 Å². The Balaban J connectivity index is 1.54. The molecule has 3 rings (SSSR count). The van der Waals surface area contributed by atoms with Crippen molar-refractivity contribution in [2.24, 2.45) is 4.99 Å². The van der Waals surface area contributed by atoms with Crippen LogP contribution < -0.4 is 5.32 Å². The highest BCUT2D eigenvalue weighted by Gasteiger charge is 2.29. The average Bonchev–Trinajstić information content (AvgIpc) is 3.31. The van der Waals surface area contributed by atoms with Crippen LogP contribution in [-0.4, -0.2) is 68.7 Å². The van der Waals surface area contributed by atoms with Gasteiger partial charge < -0.3 is 15.0 Å². The first-order valence-corrected chi connectivity index (χ1v) is 8.84. The Morgan fingerprint density at radius 1 is 1.32 bits per heavy atom. The number of aliphatic imine (C=N–C) groups is 1. The Kier molecular flexibility index (Phi) is 6.04. The standard InChI is InChI=1S/C19H27FN4O/c1-21-19(24-12-9-17(14-24)23-10-3-4-11-23)22-13-18(25-2)15-5-7-16(20)8-6-15/h3-8,17-18H,9-14H2,1-2H3,(H,21,22). The number of benzene rings is 1. The Morgan fingerprint density at radius 3 is 2.68 bits per heavy atom. The van der Waals surface area contributed by atoms with Gasteiger partial charge in [-0.15, -0.1) is 0 Å². The van der Waals surface area contributed by atoms with E-state index in [4.69, 9.17) is 4.74 Å². The summed E-state index contributed by atoms with van der Waals surface area (Å²) in [6, 6.07) is 7.04. The van der Waals surface area contributed by atoms with Gasteiger partial charge in [-0.3, -0.25) is 9.89 Å². The minimum Gasteiger partial charge on any atom is -0.375 e. The zero-order valence-corrected chi connectivity index (χ0v) is 15.0. The van der Waals surface area contributed by atoms with Gasteiger partial charge in [0.1, 0.15) is 5.82 Å². The summed E-state index contributed by atoms with van der Waals surface area (Å²) in [6.45, 7) is 4.72. The second-order valence-corrected chi connectivity index (χ2v) is 6.52. The maximum absolute atomic E-state index is 13.1. The normalized spacial score (nSPS) is 22.6. The van der Waals surface area contributed by atoms with Gasteiger partial charge in [-0.05, 0) is 24.1 Å². The number of hydrogen-bond donors (Lipinski definition) is 1. The molecule has 136 valence electrons. The van der Waals surface area contributed by atoms with Crippen LogP contribution in [0.2, 0.25) is 0 Å². The summed E-state index contributed by atoms with van der Waals surface area (Å²) in [4.78, 5) is 9.24. The van der Waals surface area contributed by atoms with Crippen molar-refractivity contribution >= 4 is 5.96 Å². The number of likely N-dealkylation sites (tertiary alicyclic amines) is 1. The van der Waals surface area contributed by atoms with E-state index in [1.54, 1.807) is 19.2 Å². The molecule has 0 spiro atoms. The monoisotopic (exact) mass is 346 g/mol. The largest absolute Gasteiger partial charge is 0.375 e. The van der Waals surface area contributed by atoms with Crippen molar-refractivity contribution in [3.63, 3.8) is 0 Å². The van der Waals surface area contributed by atoms with Gasteiger partial charge in [0.2, 0.25) is 0 Å². The first-order chi connectivity index (χ1) is 12.2. The van der Waals surface area contributed by atoms with Crippen LogP contribution in [0, 0.1) is 5.82 Å². The summed E-state index contributed by atoms with van der Waals surface area (Å²) in [7, 11) is 3.48. The number of ether oxygens (including phenoxy) is 1. The van der Waals surface area contributed by atoms with Crippen molar-refractivity contribution in [3.8, 4) is 0 Å². The van der Waals surface area contributed by atoms with Crippen molar-refractivity contribution < 1.29 is 9.13 Å². The Hall–Kier alpha value is -1.92. The van der Waals surface area contributed by atoms with Gasteiger partial charge >= 0.3 is 0 Å². The molecular weight excluding hydrogens is 319 g/mol. The molecule has 25 heavy (non-hydrogen) atoms. The lowest BCUT2D eigenvalue weighted by Gasteiger charge is -2.26. The molecule has 5 nitrogen and oxygen atoms in total. The van der Waals surface area contributed by atoms with Gasteiger partial charge in [-0.1, -0.05) is 24.3 Å².